The summed E-state index contributed by atoms with van der Waals surface area (Å²) in [6, 6.07) is 22.5. The van der Waals surface area contributed by atoms with Gasteiger partial charge in [0.15, 0.2) is 5.78 Å². The molecule has 0 saturated carbocycles. The second-order valence-electron chi connectivity index (χ2n) is 5.54. The molecule has 2 nitrogen and oxygen atoms in total. The third kappa shape index (κ3) is 3.32. The lowest BCUT2D eigenvalue weighted by Gasteiger charge is -2.11. The van der Waals surface area contributed by atoms with Crippen LogP contribution < -0.4 is 4.74 Å². The number of carbonyl (C=O) groups excluding carboxylic acids is 1. The van der Waals surface area contributed by atoms with Gasteiger partial charge in [-0.1, -0.05) is 48.5 Å². The predicted octanol–water partition coefficient (Wildman–Crippen LogP) is 5.33. The van der Waals surface area contributed by atoms with Gasteiger partial charge >= 0.3 is 0 Å². The van der Waals surface area contributed by atoms with Crippen molar-refractivity contribution in [2.75, 3.05) is 0 Å². The van der Waals surface area contributed by atoms with Crippen LogP contribution in [0.5, 0.6) is 11.5 Å². The van der Waals surface area contributed by atoms with Gasteiger partial charge in [0.2, 0.25) is 0 Å². The Hall–Kier alpha value is -2.87. The van der Waals surface area contributed by atoms with Crippen molar-refractivity contribution in [1.29, 1.82) is 0 Å². The molecule has 0 spiro atoms. The molecular formula is C21H18O2. The molecule has 0 amide bonds. The molecule has 114 valence electrons. The van der Waals surface area contributed by atoms with Crippen molar-refractivity contribution < 1.29 is 9.53 Å². The van der Waals surface area contributed by atoms with Crippen LogP contribution >= 0.6 is 0 Å². The number of benzene rings is 3. The normalized spacial score (nSPS) is 10.3. The van der Waals surface area contributed by atoms with Crippen molar-refractivity contribution in [2.45, 2.75) is 13.8 Å². The largest absolute Gasteiger partial charge is 0.457 e. The number of hydrogen-bond donors (Lipinski definition) is 0. The second kappa shape index (κ2) is 6.49. The summed E-state index contributed by atoms with van der Waals surface area (Å²) < 4.78 is 5.97. The van der Waals surface area contributed by atoms with Crippen LogP contribution in [0, 0.1) is 13.8 Å². The number of carbonyl (C=O) groups is 1. The SMILES string of the molecule is Cc1ccc(Oc2ccccc2C(=O)c2ccccc2)cc1C. The van der Waals surface area contributed by atoms with Gasteiger partial charge in [0.1, 0.15) is 11.5 Å². The third-order valence-corrected chi connectivity index (χ3v) is 3.87. The van der Waals surface area contributed by atoms with Gasteiger partial charge in [0.05, 0.1) is 5.56 Å². The topological polar surface area (TPSA) is 26.3 Å². The fraction of sp³-hybridized carbons (Fsp3) is 0.0952. The molecule has 0 aliphatic heterocycles. The lowest BCUT2D eigenvalue weighted by atomic mass is 10.0. The molecule has 0 bridgehead atoms. The number of para-hydroxylation sites is 1. The highest BCUT2D eigenvalue weighted by Gasteiger charge is 2.14. The summed E-state index contributed by atoms with van der Waals surface area (Å²) in [6.45, 7) is 4.11. The highest BCUT2D eigenvalue weighted by atomic mass is 16.5. The molecule has 0 aromatic heterocycles. The Labute approximate surface area is 136 Å². The Bertz CT molecular complexity index is 835. The number of ketones is 1. The van der Waals surface area contributed by atoms with Crippen molar-refractivity contribution in [3.63, 3.8) is 0 Å². The van der Waals surface area contributed by atoms with E-state index < -0.39 is 0 Å². The maximum Gasteiger partial charge on any atom is 0.196 e. The molecule has 0 atom stereocenters. The first kappa shape index (κ1) is 15.0. The highest BCUT2D eigenvalue weighted by Crippen LogP contribution is 2.28. The van der Waals surface area contributed by atoms with E-state index in [-0.39, 0.29) is 5.78 Å². The molecular weight excluding hydrogens is 284 g/mol. The molecule has 2 heteroatoms. The molecule has 0 N–H and O–H groups in total. The van der Waals surface area contributed by atoms with Crippen molar-refractivity contribution in [3.8, 4) is 11.5 Å². The molecule has 3 aromatic carbocycles. The zero-order chi connectivity index (χ0) is 16.2. The molecule has 23 heavy (non-hydrogen) atoms. The third-order valence-electron chi connectivity index (χ3n) is 3.87. The summed E-state index contributed by atoms with van der Waals surface area (Å²) in [4.78, 5) is 12.7. The van der Waals surface area contributed by atoms with E-state index in [2.05, 4.69) is 6.92 Å². The molecule has 3 aromatic rings. The smallest absolute Gasteiger partial charge is 0.196 e. The van der Waals surface area contributed by atoms with E-state index in [4.69, 9.17) is 4.74 Å². The fourth-order valence-corrected chi connectivity index (χ4v) is 2.39. The van der Waals surface area contributed by atoms with E-state index in [1.807, 2.05) is 73.7 Å². The maximum absolute atomic E-state index is 12.7. The Morgan fingerprint density at radius 1 is 0.783 bits per heavy atom. The summed E-state index contributed by atoms with van der Waals surface area (Å²) in [5.74, 6) is 1.27. The Kier molecular flexibility index (Phi) is 4.24. The lowest BCUT2D eigenvalue weighted by molar-refractivity contribution is 0.103. The lowest BCUT2D eigenvalue weighted by Crippen LogP contribution is -2.03. The van der Waals surface area contributed by atoms with Crippen LogP contribution in [-0.2, 0) is 0 Å². The van der Waals surface area contributed by atoms with Gasteiger partial charge in [-0.25, -0.2) is 0 Å². The summed E-state index contributed by atoms with van der Waals surface area (Å²) in [5.41, 5.74) is 3.60. The molecule has 0 unspecified atom stereocenters. The first-order valence-corrected chi connectivity index (χ1v) is 7.59. The standard InChI is InChI=1S/C21H18O2/c1-15-12-13-18(14-16(15)2)23-20-11-7-6-10-19(20)21(22)17-8-4-3-5-9-17/h3-14H,1-2H3. The summed E-state index contributed by atoms with van der Waals surface area (Å²) in [5, 5.41) is 0. The predicted molar refractivity (Wildman–Crippen MR) is 92.3 cm³/mol. The van der Waals surface area contributed by atoms with E-state index in [1.165, 1.54) is 5.56 Å². The number of hydrogen-bond acceptors (Lipinski definition) is 2. The second-order valence-corrected chi connectivity index (χ2v) is 5.54. The van der Waals surface area contributed by atoms with E-state index >= 15 is 0 Å². The van der Waals surface area contributed by atoms with Gasteiger partial charge in [-0.3, -0.25) is 4.79 Å². The van der Waals surface area contributed by atoms with Crippen molar-refractivity contribution in [3.05, 3.63) is 95.1 Å². The van der Waals surface area contributed by atoms with Crippen LogP contribution in [-0.4, -0.2) is 5.78 Å². The Balaban J connectivity index is 1.95. The minimum Gasteiger partial charge on any atom is -0.457 e. The van der Waals surface area contributed by atoms with Crippen LogP contribution in [0.1, 0.15) is 27.0 Å². The Morgan fingerprint density at radius 2 is 1.48 bits per heavy atom. The summed E-state index contributed by atoms with van der Waals surface area (Å²) >= 11 is 0. The minimum atomic E-state index is -0.0370. The van der Waals surface area contributed by atoms with Crippen LogP contribution in [0.2, 0.25) is 0 Å². The van der Waals surface area contributed by atoms with Gasteiger partial charge in [0.25, 0.3) is 0 Å². The fourth-order valence-electron chi connectivity index (χ4n) is 2.39. The van der Waals surface area contributed by atoms with Gasteiger partial charge in [-0.2, -0.15) is 0 Å². The van der Waals surface area contributed by atoms with Crippen molar-refractivity contribution in [1.82, 2.24) is 0 Å². The highest BCUT2D eigenvalue weighted by molar-refractivity contribution is 6.10. The molecule has 0 aliphatic rings. The zero-order valence-corrected chi connectivity index (χ0v) is 13.2. The monoisotopic (exact) mass is 302 g/mol. The van der Waals surface area contributed by atoms with Gasteiger partial charge in [-0.15, -0.1) is 0 Å². The number of ether oxygens (including phenoxy) is 1. The molecule has 0 radical (unpaired) electrons. The summed E-state index contributed by atoms with van der Waals surface area (Å²) in [6.07, 6.45) is 0. The van der Waals surface area contributed by atoms with Crippen LogP contribution in [0.4, 0.5) is 0 Å². The molecule has 3 rings (SSSR count). The Morgan fingerprint density at radius 3 is 2.22 bits per heavy atom. The first-order chi connectivity index (χ1) is 11.1. The molecule has 0 heterocycles. The molecule has 0 saturated heterocycles. The average Bonchev–Trinajstić information content (AvgIpc) is 2.59. The number of rotatable bonds is 4. The van der Waals surface area contributed by atoms with Crippen molar-refractivity contribution in [2.24, 2.45) is 0 Å². The maximum atomic E-state index is 12.7. The average molecular weight is 302 g/mol. The van der Waals surface area contributed by atoms with Gasteiger partial charge in [0, 0.05) is 5.56 Å². The molecule has 0 aliphatic carbocycles. The quantitative estimate of drug-likeness (QED) is 0.609. The first-order valence-electron chi connectivity index (χ1n) is 7.59. The molecule has 0 fully saturated rings. The van der Waals surface area contributed by atoms with Crippen LogP contribution in [0.25, 0.3) is 0 Å². The minimum absolute atomic E-state index is 0.0370. The summed E-state index contributed by atoms with van der Waals surface area (Å²) in [7, 11) is 0. The van der Waals surface area contributed by atoms with E-state index in [0.29, 0.717) is 16.9 Å². The van der Waals surface area contributed by atoms with Crippen LogP contribution in [0.3, 0.4) is 0 Å². The van der Waals surface area contributed by atoms with Crippen LogP contribution in [0.15, 0.2) is 72.8 Å². The van der Waals surface area contributed by atoms with Crippen molar-refractivity contribution >= 4 is 5.78 Å². The number of aryl methyl sites for hydroxylation is 2. The van der Waals surface area contributed by atoms with E-state index in [9.17, 15) is 4.79 Å². The zero-order valence-electron chi connectivity index (χ0n) is 13.2. The van der Waals surface area contributed by atoms with Gasteiger partial charge < -0.3 is 4.74 Å². The van der Waals surface area contributed by atoms with E-state index in [1.54, 1.807) is 6.07 Å². The van der Waals surface area contributed by atoms with E-state index in [0.717, 1.165) is 11.3 Å². The van der Waals surface area contributed by atoms with Gasteiger partial charge in [-0.05, 0) is 49.2 Å².